The Morgan fingerprint density at radius 1 is 0.853 bits per heavy atom. The van der Waals surface area contributed by atoms with Crippen LogP contribution in [0.2, 0.25) is 0 Å². The van der Waals surface area contributed by atoms with Gasteiger partial charge in [-0.15, -0.1) is 0 Å². The number of esters is 2. The third-order valence-corrected chi connectivity index (χ3v) is 6.88. The summed E-state index contributed by atoms with van der Waals surface area (Å²) in [6.45, 7) is 0. The molecule has 2 rings (SSSR count). The maximum atomic E-state index is 11.5. The minimum Gasteiger partial charge on any atom is -0.741 e. The van der Waals surface area contributed by atoms with Crippen molar-refractivity contribution >= 4 is 33.0 Å². The van der Waals surface area contributed by atoms with Gasteiger partial charge in [0.2, 0.25) is 0 Å². The summed E-state index contributed by atoms with van der Waals surface area (Å²) in [7, 11) is -3.58. The fraction of sp³-hybridized carbons (Fsp3) is 0.333. The molecule has 188 valence electrons. The maximum Gasteiger partial charge on any atom is 0.485 e. The van der Waals surface area contributed by atoms with Crippen molar-refractivity contribution in [1.82, 2.24) is 0 Å². The van der Waals surface area contributed by atoms with Gasteiger partial charge >= 0.3 is 17.4 Å². The highest BCUT2D eigenvalue weighted by Gasteiger charge is 2.36. The minimum absolute atomic E-state index is 0.244. The molecule has 13 heteroatoms. The van der Waals surface area contributed by atoms with Crippen LogP contribution in [0.3, 0.4) is 0 Å². The molecule has 0 saturated heterocycles. The number of methoxy groups -OCH3 is 2. The molecule has 0 fully saturated rings. The Morgan fingerprint density at radius 2 is 1.26 bits per heavy atom. The summed E-state index contributed by atoms with van der Waals surface area (Å²) in [5.41, 5.74) is -5.65. The Hall–Kier alpha value is -2.77. The molecule has 2 aromatic carbocycles. The van der Waals surface area contributed by atoms with E-state index in [4.69, 9.17) is 27.2 Å². The SMILES string of the molecule is COC(=O)CC[S+](CCC(=O)OC)c1ccc(Oc2ccccc2)cc1.O=S(=O)([O-])C(F)(F)F. The summed E-state index contributed by atoms with van der Waals surface area (Å²) in [5.74, 6) is 2.31. The molecule has 0 heterocycles. The largest absolute Gasteiger partial charge is 0.741 e. The van der Waals surface area contributed by atoms with Gasteiger partial charge in [0, 0.05) is 10.9 Å². The third-order valence-electron chi connectivity index (χ3n) is 3.98. The quantitative estimate of drug-likeness (QED) is 0.211. The highest BCUT2D eigenvalue weighted by molar-refractivity contribution is 7.96. The average molecular weight is 525 g/mol. The molecule has 0 aliphatic rings. The van der Waals surface area contributed by atoms with Crippen LogP contribution in [-0.4, -0.2) is 56.1 Å². The van der Waals surface area contributed by atoms with Crippen LogP contribution in [0.5, 0.6) is 11.5 Å². The van der Waals surface area contributed by atoms with Crippen molar-refractivity contribution in [2.24, 2.45) is 0 Å². The second kappa shape index (κ2) is 13.8. The Kier molecular flexibility index (Phi) is 11.9. The van der Waals surface area contributed by atoms with E-state index in [2.05, 4.69) is 0 Å². The molecule has 0 atom stereocenters. The number of halogens is 3. The van der Waals surface area contributed by atoms with Crippen LogP contribution in [-0.2, 0) is 40.1 Å². The fourth-order valence-corrected chi connectivity index (χ4v) is 4.30. The number of carbonyl (C=O) groups is 2. The molecule has 0 aromatic heterocycles. The Balaban J connectivity index is 0.000000620. The molecule has 0 aliphatic heterocycles. The topological polar surface area (TPSA) is 119 Å². The zero-order valence-corrected chi connectivity index (χ0v) is 19.9. The number of rotatable bonds is 9. The van der Waals surface area contributed by atoms with E-state index in [0.717, 1.165) is 16.4 Å². The van der Waals surface area contributed by atoms with Gasteiger partial charge < -0.3 is 18.8 Å². The summed E-state index contributed by atoms with van der Waals surface area (Å²) in [6.07, 6.45) is 0.645. The monoisotopic (exact) mass is 524 g/mol. The zero-order valence-electron chi connectivity index (χ0n) is 18.2. The second-order valence-corrected chi connectivity index (χ2v) is 9.98. The summed E-state index contributed by atoms with van der Waals surface area (Å²) >= 11 is 0. The molecule has 0 aliphatic carbocycles. The molecule has 34 heavy (non-hydrogen) atoms. The number of para-hydroxylation sites is 1. The molecule has 0 N–H and O–H groups in total. The standard InChI is InChI=1S/C20H23O5S.CHF3O3S/c1-23-19(21)12-14-26(15-13-20(22)24-2)18-10-8-17(9-11-18)25-16-6-4-3-5-7-16;2-1(3,4)8(5,6)7/h3-11H,12-15H2,1-2H3;(H,5,6,7)/q+1;/p-1. The first-order valence-corrected chi connectivity index (χ1v) is 12.5. The van der Waals surface area contributed by atoms with Gasteiger partial charge in [-0.3, -0.25) is 9.59 Å². The highest BCUT2D eigenvalue weighted by atomic mass is 32.2. The van der Waals surface area contributed by atoms with E-state index >= 15 is 0 Å². The summed E-state index contributed by atoms with van der Waals surface area (Å²) < 4.78 is 74.1. The van der Waals surface area contributed by atoms with Gasteiger partial charge in [-0.2, -0.15) is 13.2 Å². The molecule has 0 unspecified atom stereocenters. The third kappa shape index (κ3) is 10.9. The van der Waals surface area contributed by atoms with Crippen LogP contribution in [0.4, 0.5) is 13.2 Å². The normalized spacial score (nSPS) is 11.3. The lowest BCUT2D eigenvalue weighted by atomic mass is 10.3. The van der Waals surface area contributed by atoms with Gasteiger partial charge in [0.05, 0.1) is 27.1 Å². The Labute approximate surface area is 198 Å². The van der Waals surface area contributed by atoms with Crippen LogP contribution in [0, 0.1) is 0 Å². The second-order valence-electron chi connectivity index (χ2n) is 6.34. The van der Waals surface area contributed by atoms with Crippen LogP contribution < -0.4 is 4.74 Å². The number of hydrogen-bond acceptors (Lipinski definition) is 8. The van der Waals surface area contributed by atoms with Gasteiger partial charge in [0.1, 0.15) is 23.0 Å². The van der Waals surface area contributed by atoms with Crippen molar-refractivity contribution in [1.29, 1.82) is 0 Å². The van der Waals surface area contributed by atoms with E-state index in [9.17, 15) is 22.8 Å². The van der Waals surface area contributed by atoms with Crippen LogP contribution in [0.25, 0.3) is 0 Å². The fourth-order valence-electron chi connectivity index (χ4n) is 2.28. The van der Waals surface area contributed by atoms with E-state index in [1.807, 2.05) is 54.6 Å². The average Bonchev–Trinajstić information content (AvgIpc) is 2.79. The number of carbonyl (C=O) groups excluding carboxylic acids is 2. The molecule has 0 bridgehead atoms. The van der Waals surface area contributed by atoms with Gasteiger partial charge in [-0.25, -0.2) is 8.42 Å². The van der Waals surface area contributed by atoms with Crippen molar-refractivity contribution < 1.29 is 49.9 Å². The predicted molar refractivity (Wildman–Crippen MR) is 117 cm³/mol. The first kappa shape index (κ1) is 29.3. The summed E-state index contributed by atoms with van der Waals surface area (Å²) in [4.78, 5) is 24.0. The lowest BCUT2D eigenvalue weighted by Gasteiger charge is -2.09. The van der Waals surface area contributed by atoms with Crippen molar-refractivity contribution in [2.45, 2.75) is 23.2 Å². The molecule has 8 nitrogen and oxygen atoms in total. The molecule has 0 radical (unpaired) electrons. The molecule has 0 spiro atoms. The van der Waals surface area contributed by atoms with Crippen LogP contribution >= 0.6 is 0 Å². The number of alkyl halides is 3. The lowest BCUT2D eigenvalue weighted by Crippen LogP contribution is -2.21. The van der Waals surface area contributed by atoms with Crippen molar-refractivity contribution in [3.8, 4) is 11.5 Å². The van der Waals surface area contributed by atoms with Crippen molar-refractivity contribution in [2.75, 3.05) is 25.7 Å². The summed E-state index contributed by atoms with van der Waals surface area (Å²) in [5, 5.41) is 0. The lowest BCUT2D eigenvalue weighted by molar-refractivity contribution is -0.140. The van der Waals surface area contributed by atoms with Gasteiger partial charge in [0.25, 0.3) is 0 Å². The van der Waals surface area contributed by atoms with Gasteiger partial charge in [-0.1, -0.05) is 18.2 Å². The van der Waals surface area contributed by atoms with Gasteiger partial charge in [-0.05, 0) is 36.4 Å². The molecule has 2 aromatic rings. The number of hydrogen-bond donors (Lipinski definition) is 0. The molecular weight excluding hydrogens is 501 g/mol. The van der Waals surface area contributed by atoms with Crippen LogP contribution in [0.1, 0.15) is 12.8 Å². The molecule has 0 amide bonds. The van der Waals surface area contributed by atoms with E-state index in [0.29, 0.717) is 24.3 Å². The van der Waals surface area contributed by atoms with Crippen molar-refractivity contribution in [3.63, 3.8) is 0 Å². The number of benzene rings is 2. The van der Waals surface area contributed by atoms with E-state index in [1.54, 1.807) is 0 Å². The van der Waals surface area contributed by atoms with Crippen molar-refractivity contribution in [3.05, 3.63) is 54.6 Å². The Morgan fingerprint density at radius 3 is 1.65 bits per heavy atom. The van der Waals surface area contributed by atoms with Gasteiger partial charge in [0.15, 0.2) is 15.0 Å². The zero-order chi connectivity index (χ0) is 25.8. The first-order chi connectivity index (χ1) is 15.9. The summed E-state index contributed by atoms with van der Waals surface area (Å²) in [6, 6.07) is 17.3. The van der Waals surface area contributed by atoms with E-state index in [1.165, 1.54) is 14.2 Å². The maximum absolute atomic E-state index is 11.5. The molecular formula is C21H23F3O8S2. The minimum atomic E-state index is -6.09. The highest BCUT2D eigenvalue weighted by Crippen LogP contribution is 2.24. The van der Waals surface area contributed by atoms with E-state index < -0.39 is 15.6 Å². The van der Waals surface area contributed by atoms with E-state index in [-0.39, 0.29) is 22.8 Å². The number of ether oxygens (including phenoxy) is 3. The molecule has 0 saturated carbocycles. The smallest absolute Gasteiger partial charge is 0.485 e. The van der Waals surface area contributed by atoms with Crippen LogP contribution in [0.15, 0.2) is 59.5 Å². The predicted octanol–water partition coefficient (Wildman–Crippen LogP) is 3.63. The Bertz CT molecular complexity index is 991. The first-order valence-electron chi connectivity index (χ1n) is 9.53.